The Hall–Kier alpha value is -1.22. The molecule has 1 atom stereocenters. The monoisotopic (exact) mass is 264 g/mol. The van der Waals surface area contributed by atoms with Crippen molar-refractivity contribution in [2.24, 2.45) is 5.92 Å². The average molecular weight is 264 g/mol. The van der Waals surface area contributed by atoms with Crippen molar-refractivity contribution in [1.29, 1.82) is 0 Å². The molecule has 3 heteroatoms. The maximum atomic E-state index is 9.24. The highest BCUT2D eigenvalue weighted by atomic mass is 16.5. The summed E-state index contributed by atoms with van der Waals surface area (Å²) in [5.74, 6) is 2.70. The maximum absolute atomic E-state index is 9.24. The molecule has 0 spiro atoms. The van der Waals surface area contributed by atoms with Crippen LogP contribution in [0, 0.1) is 5.92 Å². The lowest BCUT2D eigenvalue weighted by molar-refractivity contribution is 0.267. The van der Waals surface area contributed by atoms with Crippen molar-refractivity contribution < 1.29 is 14.6 Å². The van der Waals surface area contributed by atoms with Crippen molar-refractivity contribution in [3.63, 3.8) is 0 Å². The van der Waals surface area contributed by atoms with Gasteiger partial charge >= 0.3 is 0 Å². The maximum Gasteiger partial charge on any atom is 0.161 e. The molecular formula is C16H24O3. The molecule has 1 aliphatic heterocycles. The van der Waals surface area contributed by atoms with Crippen LogP contribution in [-0.2, 0) is 0 Å². The van der Waals surface area contributed by atoms with E-state index in [9.17, 15) is 5.11 Å². The van der Waals surface area contributed by atoms with Crippen molar-refractivity contribution in [3.05, 3.63) is 23.8 Å². The summed E-state index contributed by atoms with van der Waals surface area (Å²) >= 11 is 0. The number of hydrogen-bond donors (Lipinski definition) is 1. The molecule has 0 amide bonds. The van der Waals surface area contributed by atoms with Crippen LogP contribution in [-0.4, -0.2) is 24.9 Å². The first kappa shape index (κ1) is 14.2. The second-order valence-corrected chi connectivity index (χ2v) is 5.60. The van der Waals surface area contributed by atoms with E-state index in [4.69, 9.17) is 9.47 Å². The van der Waals surface area contributed by atoms with Crippen LogP contribution >= 0.6 is 0 Å². The highest BCUT2D eigenvalue weighted by Gasteiger charge is 2.17. The van der Waals surface area contributed by atoms with Gasteiger partial charge in [-0.25, -0.2) is 0 Å². The molecular weight excluding hydrogens is 240 g/mol. The molecule has 2 rings (SSSR count). The predicted molar refractivity (Wildman–Crippen MR) is 75.9 cm³/mol. The number of hydrogen-bond acceptors (Lipinski definition) is 3. The van der Waals surface area contributed by atoms with Crippen LogP contribution in [0.25, 0.3) is 0 Å². The zero-order chi connectivity index (χ0) is 13.7. The quantitative estimate of drug-likeness (QED) is 0.886. The molecule has 19 heavy (non-hydrogen) atoms. The second kappa shape index (κ2) is 6.80. The van der Waals surface area contributed by atoms with E-state index in [1.54, 1.807) is 0 Å². The molecule has 0 aliphatic carbocycles. The van der Waals surface area contributed by atoms with Gasteiger partial charge in [-0.05, 0) is 42.4 Å². The molecule has 0 saturated heterocycles. The van der Waals surface area contributed by atoms with Gasteiger partial charge in [-0.1, -0.05) is 19.9 Å². The Morgan fingerprint density at radius 1 is 1.16 bits per heavy atom. The Morgan fingerprint density at radius 2 is 1.89 bits per heavy atom. The van der Waals surface area contributed by atoms with Gasteiger partial charge in [0.1, 0.15) is 0 Å². The highest BCUT2D eigenvalue weighted by Crippen LogP contribution is 2.35. The van der Waals surface area contributed by atoms with Gasteiger partial charge in [0, 0.05) is 13.0 Å². The topological polar surface area (TPSA) is 38.7 Å². The lowest BCUT2D eigenvalue weighted by Crippen LogP contribution is -2.06. The van der Waals surface area contributed by atoms with E-state index in [-0.39, 0.29) is 6.61 Å². The van der Waals surface area contributed by atoms with E-state index in [1.807, 2.05) is 6.07 Å². The molecule has 1 heterocycles. The Kier molecular flexibility index (Phi) is 5.08. The van der Waals surface area contributed by atoms with Gasteiger partial charge in [0.15, 0.2) is 11.5 Å². The van der Waals surface area contributed by atoms with E-state index in [0.717, 1.165) is 37.4 Å². The van der Waals surface area contributed by atoms with Gasteiger partial charge in [0.25, 0.3) is 0 Å². The SMILES string of the molecule is CC(C)CC(CCO)c1ccc2c(c1)OCCCO2. The van der Waals surface area contributed by atoms with Crippen LogP contribution < -0.4 is 9.47 Å². The molecule has 106 valence electrons. The van der Waals surface area contributed by atoms with Gasteiger partial charge in [0.2, 0.25) is 0 Å². The third-order valence-electron chi connectivity index (χ3n) is 3.48. The zero-order valence-electron chi connectivity index (χ0n) is 11.9. The molecule has 0 bridgehead atoms. The summed E-state index contributed by atoms with van der Waals surface area (Å²) in [4.78, 5) is 0. The zero-order valence-corrected chi connectivity index (χ0v) is 11.9. The van der Waals surface area contributed by atoms with E-state index in [2.05, 4.69) is 26.0 Å². The minimum atomic E-state index is 0.228. The summed E-state index contributed by atoms with van der Waals surface area (Å²) in [5.41, 5.74) is 1.24. The Morgan fingerprint density at radius 3 is 2.58 bits per heavy atom. The second-order valence-electron chi connectivity index (χ2n) is 5.60. The third-order valence-corrected chi connectivity index (χ3v) is 3.48. The molecule has 0 radical (unpaired) electrons. The first-order valence-electron chi connectivity index (χ1n) is 7.21. The summed E-state index contributed by atoms with van der Waals surface area (Å²) < 4.78 is 11.4. The molecule has 0 fully saturated rings. The normalized spacial score (nSPS) is 16.2. The van der Waals surface area contributed by atoms with E-state index >= 15 is 0 Å². The first-order chi connectivity index (χ1) is 9.20. The summed E-state index contributed by atoms with van der Waals surface area (Å²) in [5, 5.41) is 9.24. The van der Waals surface area contributed by atoms with Gasteiger partial charge in [-0.15, -0.1) is 0 Å². The van der Waals surface area contributed by atoms with Gasteiger partial charge in [-0.2, -0.15) is 0 Å². The number of benzene rings is 1. The van der Waals surface area contributed by atoms with Crippen LogP contribution in [0.15, 0.2) is 18.2 Å². The van der Waals surface area contributed by atoms with Crippen LogP contribution in [0.3, 0.4) is 0 Å². The third kappa shape index (κ3) is 3.87. The smallest absolute Gasteiger partial charge is 0.161 e. The number of fused-ring (bicyclic) bond motifs is 1. The summed E-state index contributed by atoms with van der Waals surface area (Å²) in [6, 6.07) is 6.19. The molecule has 1 aliphatic rings. The molecule has 0 saturated carbocycles. The number of ether oxygens (including phenoxy) is 2. The summed E-state index contributed by atoms with van der Waals surface area (Å²) in [7, 11) is 0. The Bertz CT molecular complexity index is 401. The van der Waals surface area contributed by atoms with Crippen LogP contribution in [0.2, 0.25) is 0 Å². The minimum absolute atomic E-state index is 0.228. The van der Waals surface area contributed by atoms with Gasteiger partial charge in [0.05, 0.1) is 13.2 Å². The van der Waals surface area contributed by atoms with Gasteiger partial charge < -0.3 is 14.6 Å². The lowest BCUT2D eigenvalue weighted by Gasteiger charge is -2.20. The average Bonchev–Trinajstić information content (AvgIpc) is 2.62. The van der Waals surface area contributed by atoms with Crippen molar-refractivity contribution in [2.45, 2.75) is 39.0 Å². The van der Waals surface area contributed by atoms with Crippen molar-refractivity contribution in [3.8, 4) is 11.5 Å². The molecule has 1 N–H and O–H groups in total. The van der Waals surface area contributed by atoms with E-state index in [1.165, 1.54) is 5.56 Å². The summed E-state index contributed by atoms with van der Waals surface area (Å²) in [6.45, 7) is 6.09. The summed E-state index contributed by atoms with van der Waals surface area (Å²) in [6.07, 6.45) is 2.81. The largest absolute Gasteiger partial charge is 0.490 e. The van der Waals surface area contributed by atoms with Crippen LogP contribution in [0.4, 0.5) is 0 Å². The fourth-order valence-corrected chi connectivity index (χ4v) is 2.58. The standard InChI is InChI=1S/C16H24O3/c1-12(2)10-14(6-7-17)13-4-5-15-16(11-13)19-9-3-8-18-15/h4-5,11-12,14,17H,3,6-10H2,1-2H3. The fourth-order valence-electron chi connectivity index (χ4n) is 2.58. The first-order valence-corrected chi connectivity index (χ1v) is 7.21. The number of aliphatic hydroxyl groups excluding tert-OH is 1. The molecule has 3 nitrogen and oxygen atoms in total. The molecule has 1 aromatic carbocycles. The predicted octanol–water partition coefficient (Wildman–Crippen LogP) is 3.36. The highest BCUT2D eigenvalue weighted by molar-refractivity contribution is 5.44. The van der Waals surface area contributed by atoms with E-state index < -0.39 is 0 Å². The molecule has 0 aromatic heterocycles. The Balaban J connectivity index is 2.20. The van der Waals surface area contributed by atoms with Crippen LogP contribution in [0.5, 0.6) is 11.5 Å². The number of aliphatic hydroxyl groups is 1. The van der Waals surface area contributed by atoms with E-state index in [0.29, 0.717) is 18.4 Å². The minimum Gasteiger partial charge on any atom is -0.490 e. The lowest BCUT2D eigenvalue weighted by atomic mass is 9.88. The Labute approximate surface area is 115 Å². The van der Waals surface area contributed by atoms with Crippen LogP contribution in [0.1, 0.15) is 44.6 Å². The van der Waals surface area contributed by atoms with Crippen molar-refractivity contribution in [1.82, 2.24) is 0 Å². The molecule has 1 aromatic rings. The fraction of sp³-hybridized carbons (Fsp3) is 0.625. The van der Waals surface area contributed by atoms with Crippen molar-refractivity contribution >= 4 is 0 Å². The molecule has 1 unspecified atom stereocenters. The van der Waals surface area contributed by atoms with Gasteiger partial charge in [-0.3, -0.25) is 0 Å². The van der Waals surface area contributed by atoms with Crippen molar-refractivity contribution in [2.75, 3.05) is 19.8 Å². The number of rotatable bonds is 5.